The molecule has 1 heterocycles. The van der Waals surface area contributed by atoms with Crippen LogP contribution in [-0.2, 0) is 0 Å². The van der Waals surface area contributed by atoms with Crippen molar-refractivity contribution in [1.82, 2.24) is 15.5 Å². The van der Waals surface area contributed by atoms with Gasteiger partial charge in [0.15, 0.2) is 11.5 Å². The third kappa shape index (κ3) is 4.16. The molecule has 1 aliphatic carbocycles. The highest BCUT2D eigenvalue weighted by molar-refractivity contribution is 5.92. The van der Waals surface area contributed by atoms with Gasteiger partial charge in [0.2, 0.25) is 0 Å². The summed E-state index contributed by atoms with van der Waals surface area (Å²) in [7, 11) is 0. The van der Waals surface area contributed by atoms with Crippen molar-refractivity contribution in [2.45, 2.75) is 39.0 Å². The number of hydrogen-bond acceptors (Lipinski definition) is 5. The lowest BCUT2D eigenvalue weighted by Gasteiger charge is -2.26. The van der Waals surface area contributed by atoms with Crippen molar-refractivity contribution in [3.05, 3.63) is 17.8 Å². The summed E-state index contributed by atoms with van der Waals surface area (Å²) in [5, 5.41) is 10.5. The number of nitrogen functional groups attached to an aromatic ring is 1. The van der Waals surface area contributed by atoms with Gasteiger partial charge in [-0.15, -0.1) is 10.2 Å². The normalized spacial score (nSPS) is 22.3. The van der Waals surface area contributed by atoms with E-state index < -0.39 is 0 Å². The van der Waals surface area contributed by atoms with Crippen molar-refractivity contribution >= 4 is 11.7 Å². The fourth-order valence-electron chi connectivity index (χ4n) is 2.63. The van der Waals surface area contributed by atoms with Crippen molar-refractivity contribution < 1.29 is 4.79 Å². The summed E-state index contributed by atoms with van der Waals surface area (Å²) in [5.74, 6) is 7.08. The van der Waals surface area contributed by atoms with Gasteiger partial charge in [-0.3, -0.25) is 4.79 Å². The number of hydrazine groups is 1. The first-order valence-electron chi connectivity index (χ1n) is 7.27. The first kappa shape index (κ1) is 14.7. The quantitative estimate of drug-likeness (QED) is 0.563. The third-order valence-corrected chi connectivity index (χ3v) is 4.02. The van der Waals surface area contributed by atoms with Crippen LogP contribution in [0.2, 0.25) is 0 Å². The molecule has 20 heavy (non-hydrogen) atoms. The molecule has 1 saturated carbocycles. The Morgan fingerprint density at radius 3 is 2.65 bits per heavy atom. The van der Waals surface area contributed by atoms with Crippen LogP contribution in [0, 0.1) is 11.8 Å². The Kier molecular flexibility index (Phi) is 5.29. The molecule has 0 spiro atoms. The van der Waals surface area contributed by atoms with E-state index in [2.05, 4.69) is 27.9 Å². The molecule has 0 atom stereocenters. The van der Waals surface area contributed by atoms with E-state index in [1.54, 1.807) is 12.1 Å². The lowest BCUT2D eigenvalue weighted by atomic mass is 9.81. The number of carbonyl (C=O) groups is 1. The van der Waals surface area contributed by atoms with Crippen LogP contribution in [0.5, 0.6) is 0 Å². The molecular formula is C14H23N5O. The van der Waals surface area contributed by atoms with E-state index in [1.165, 1.54) is 25.7 Å². The van der Waals surface area contributed by atoms with E-state index in [1.807, 2.05) is 0 Å². The third-order valence-electron chi connectivity index (χ3n) is 4.02. The zero-order valence-electron chi connectivity index (χ0n) is 11.9. The van der Waals surface area contributed by atoms with Crippen molar-refractivity contribution in [3.8, 4) is 0 Å². The van der Waals surface area contributed by atoms with Gasteiger partial charge in [0, 0.05) is 6.54 Å². The first-order chi connectivity index (χ1) is 9.69. The Hall–Kier alpha value is -1.69. The van der Waals surface area contributed by atoms with Crippen LogP contribution in [0.3, 0.4) is 0 Å². The minimum Gasteiger partial charge on any atom is -0.351 e. The predicted molar refractivity (Wildman–Crippen MR) is 77.9 cm³/mol. The molecule has 1 aromatic heterocycles. The monoisotopic (exact) mass is 277 g/mol. The van der Waals surface area contributed by atoms with Gasteiger partial charge in [0.25, 0.3) is 5.91 Å². The molecule has 6 heteroatoms. The molecule has 1 amide bonds. The van der Waals surface area contributed by atoms with Crippen LogP contribution in [-0.4, -0.2) is 22.6 Å². The molecule has 0 radical (unpaired) electrons. The van der Waals surface area contributed by atoms with Gasteiger partial charge in [-0.05, 0) is 30.4 Å². The number of rotatable bonds is 5. The Bertz CT molecular complexity index is 426. The molecule has 0 bridgehead atoms. The maximum absolute atomic E-state index is 11.9. The van der Waals surface area contributed by atoms with E-state index in [9.17, 15) is 4.79 Å². The Morgan fingerprint density at radius 1 is 1.30 bits per heavy atom. The highest BCUT2D eigenvalue weighted by atomic mass is 16.1. The van der Waals surface area contributed by atoms with Crippen LogP contribution < -0.4 is 16.6 Å². The molecule has 1 fully saturated rings. The molecule has 2 rings (SSSR count). The van der Waals surface area contributed by atoms with Gasteiger partial charge in [-0.25, -0.2) is 5.84 Å². The van der Waals surface area contributed by atoms with Gasteiger partial charge in [-0.2, -0.15) is 0 Å². The summed E-state index contributed by atoms with van der Waals surface area (Å²) in [6.07, 6.45) is 6.25. The molecule has 1 aliphatic rings. The number of nitrogens with two attached hydrogens (primary N) is 1. The predicted octanol–water partition coefficient (Wildman–Crippen LogP) is 1.71. The molecule has 4 N–H and O–H groups in total. The number of amides is 1. The molecular weight excluding hydrogens is 254 g/mol. The zero-order valence-corrected chi connectivity index (χ0v) is 11.9. The second-order valence-electron chi connectivity index (χ2n) is 5.62. The smallest absolute Gasteiger partial charge is 0.271 e. The molecule has 0 saturated heterocycles. The van der Waals surface area contributed by atoms with E-state index >= 15 is 0 Å². The van der Waals surface area contributed by atoms with Crippen LogP contribution in [0.15, 0.2) is 12.1 Å². The van der Waals surface area contributed by atoms with Crippen molar-refractivity contribution in [2.75, 3.05) is 12.0 Å². The average molecular weight is 277 g/mol. The van der Waals surface area contributed by atoms with E-state index in [-0.39, 0.29) is 5.91 Å². The van der Waals surface area contributed by atoms with Gasteiger partial charge >= 0.3 is 0 Å². The standard InChI is InChI=1S/C14H23N5O/c1-10-2-4-11(5-3-10)8-9-16-14(20)12-6-7-13(17-15)19-18-12/h6-7,10-11H,2-5,8-9,15H2,1H3,(H,16,20)(H,17,19). The largest absolute Gasteiger partial charge is 0.351 e. The number of hydrogen-bond donors (Lipinski definition) is 3. The lowest BCUT2D eigenvalue weighted by Crippen LogP contribution is -2.28. The average Bonchev–Trinajstić information content (AvgIpc) is 2.49. The highest BCUT2D eigenvalue weighted by Gasteiger charge is 2.18. The van der Waals surface area contributed by atoms with Gasteiger partial charge in [-0.1, -0.05) is 32.6 Å². The molecule has 6 nitrogen and oxygen atoms in total. The number of anilines is 1. The molecule has 0 aromatic carbocycles. The van der Waals surface area contributed by atoms with E-state index in [4.69, 9.17) is 5.84 Å². The summed E-state index contributed by atoms with van der Waals surface area (Å²) in [5.41, 5.74) is 2.70. The summed E-state index contributed by atoms with van der Waals surface area (Å²) >= 11 is 0. The van der Waals surface area contributed by atoms with Gasteiger partial charge < -0.3 is 10.7 Å². The number of nitrogens with one attached hydrogen (secondary N) is 2. The Labute approximate surface area is 119 Å². The van der Waals surface area contributed by atoms with E-state index in [0.29, 0.717) is 18.1 Å². The van der Waals surface area contributed by atoms with Gasteiger partial charge in [0.1, 0.15) is 0 Å². The number of nitrogens with zero attached hydrogens (tertiary/aromatic N) is 2. The van der Waals surface area contributed by atoms with Crippen molar-refractivity contribution in [3.63, 3.8) is 0 Å². The zero-order chi connectivity index (χ0) is 14.4. The minimum absolute atomic E-state index is 0.176. The minimum atomic E-state index is -0.176. The van der Waals surface area contributed by atoms with Gasteiger partial charge in [0.05, 0.1) is 0 Å². The second-order valence-corrected chi connectivity index (χ2v) is 5.62. The van der Waals surface area contributed by atoms with Crippen LogP contribution >= 0.6 is 0 Å². The van der Waals surface area contributed by atoms with Crippen LogP contribution in [0.4, 0.5) is 5.82 Å². The molecule has 0 aliphatic heterocycles. The van der Waals surface area contributed by atoms with Crippen molar-refractivity contribution in [1.29, 1.82) is 0 Å². The lowest BCUT2D eigenvalue weighted by molar-refractivity contribution is 0.0943. The van der Waals surface area contributed by atoms with Crippen molar-refractivity contribution in [2.24, 2.45) is 17.7 Å². The van der Waals surface area contributed by atoms with Crippen LogP contribution in [0.25, 0.3) is 0 Å². The fourth-order valence-corrected chi connectivity index (χ4v) is 2.63. The summed E-state index contributed by atoms with van der Waals surface area (Å²) < 4.78 is 0. The Morgan fingerprint density at radius 2 is 2.05 bits per heavy atom. The number of aromatic nitrogens is 2. The summed E-state index contributed by atoms with van der Waals surface area (Å²) in [6, 6.07) is 3.24. The number of carbonyl (C=O) groups excluding carboxylic acids is 1. The first-order valence-corrected chi connectivity index (χ1v) is 7.27. The van der Waals surface area contributed by atoms with E-state index in [0.717, 1.165) is 18.3 Å². The second kappa shape index (κ2) is 7.19. The highest BCUT2D eigenvalue weighted by Crippen LogP contribution is 2.29. The topological polar surface area (TPSA) is 92.9 Å². The molecule has 110 valence electrons. The Balaban J connectivity index is 1.71. The SMILES string of the molecule is CC1CCC(CCNC(=O)c2ccc(NN)nn2)CC1. The van der Waals surface area contributed by atoms with Crippen LogP contribution in [0.1, 0.15) is 49.5 Å². The fraction of sp³-hybridized carbons (Fsp3) is 0.643. The maximum Gasteiger partial charge on any atom is 0.271 e. The summed E-state index contributed by atoms with van der Waals surface area (Å²) in [6.45, 7) is 3.02. The molecule has 1 aromatic rings. The molecule has 0 unspecified atom stereocenters. The summed E-state index contributed by atoms with van der Waals surface area (Å²) in [4.78, 5) is 11.9. The maximum atomic E-state index is 11.9.